The Morgan fingerprint density at radius 2 is 1.91 bits per heavy atom. The van der Waals surface area contributed by atoms with E-state index in [4.69, 9.17) is 18.9 Å². The summed E-state index contributed by atoms with van der Waals surface area (Å²) in [6, 6.07) is 4.35. The van der Waals surface area contributed by atoms with Crippen molar-refractivity contribution in [3.8, 4) is 16.3 Å². The fourth-order valence-electron chi connectivity index (χ4n) is 4.67. The third kappa shape index (κ3) is 4.95. The lowest BCUT2D eigenvalue weighted by Crippen LogP contribution is -2.56. The average molecular weight is 501 g/mol. The Balaban J connectivity index is 1.45. The number of hydrogen-bond donors (Lipinski definition) is 1. The summed E-state index contributed by atoms with van der Waals surface area (Å²) in [7, 11) is 0. The van der Waals surface area contributed by atoms with Crippen LogP contribution in [0.2, 0.25) is 0 Å². The Morgan fingerprint density at radius 3 is 2.51 bits per heavy atom. The van der Waals surface area contributed by atoms with Crippen LogP contribution in [0.15, 0.2) is 28.1 Å². The minimum Gasteiger partial charge on any atom is -0.488 e. The molecule has 2 aliphatic rings. The number of carbonyl (C=O) groups is 1. The van der Waals surface area contributed by atoms with Crippen molar-refractivity contribution in [2.75, 3.05) is 24.6 Å². The summed E-state index contributed by atoms with van der Waals surface area (Å²) >= 11 is 1.53. The molecule has 2 aromatic heterocycles. The van der Waals surface area contributed by atoms with Gasteiger partial charge in [0, 0.05) is 24.7 Å². The number of oxazole rings is 1. The molecule has 0 aliphatic carbocycles. The molecule has 1 amide bonds. The molecule has 0 saturated carbocycles. The number of thiazole rings is 1. The van der Waals surface area contributed by atoms with Crippen molar-refractivity contribution in [2.24, 2.45) is 0 Å². The average Bonchev–Trinajstić information content (AvgIpc) is 3.48. The molecule has 2 atom stereocenters. The number of piperazine rings is 1. The van der Waals surface area contributed by atoms with Gasteiger partial charge in [-0.3, -0.25) is 4.90 Å². The Morgan fingerprint density at radius 1 is 1.20 bits per heavy atom. The largest absolute Gasteiger partial charge is 0.488 e. The van der Waals surface area contributed by atoms with Gasteiger partial charge in [-0.15, -0.1) is 11.3 Å². The summed E-state index contributed by atoms with van der Waals surface area (Å²) in [5, 5.41) is 12.9. The third-order valence-electron chi connectivity index (χ3n) is 6.10. The molecule has 9 nitrogen and oxygen atoms in total. The number of benzene rings is 1. The zero-order chi connectivity index (χ0) is 25.0. The van der Waals surface area contributed by atoms with Crippen molar-refractivity contribution >= 4 is 34.5 Å². The lowest BCUT2D eigenvalue weighted by atomic mass is 10.1. The molecule has 0 spiro atoms. The van der Waals surface area contributed by atoms with Crippen LogP contribution in [-0.4, -0.2) is 69.0 Å². The van der Waals surface area contributed by atoms with Gasteiger partial charge in [-0.2, -0.15) is 4.98 Å². The number of hydrogen-bond acceptors (Lipinski definition) is 9. The maximum atomic E-state index is 12.8. The summed E-state index contributed by atoms with van der Waals surface area (Å²) in [6.07, 6.45) is 3.35. The standard InChI is InChI=1S/C25H32N4O5S/c1-24(2,3)34-23(30)29-15-6-7-16(29)13-28(12-15)22-27-19-18(32-14-25(4,5)31)9-8-17(20(19)33-22)21-26-10-11-35-21/h8-11,15-16,31H,6-7,12-14H2,1-5H3. The lowest BCUT2D eigenvalue weighted by molar-refractivity contribution is 0.0120. The van der Waals surface area contributed by atoms with Gasteiger partial charge in [-0.1, -0.05) is 0 Å². The Labute approximate surface area is 208 Å². The van der Waals surface area contributed by atoms with E-state index in [2.05, 4.69) is 9.88 Å². The highest BCUT2D eigenvalue weighted by Gasteiger charge is 2.45. The van der Waals surface area contributed by atoms with Crippen molar-refractivity contribution in [1.82, 2.24) is 14.9 Å². The molecule has 2 aliphatic heterocycles. The number of fused-ring (bicyclic) bond motifs is 3. The first-order valence-electron chi connectivity index (χ1n) is 11.9. The number of amides is 1. The molecule has 10 heteroatoms. The zero-order valence-electron chi connectivity index (χ0n) is 20.8. The molecule has 3 aromatic rings. The number of carbonyl (C=O) groups excluding carboxylic acids is 1. The normalized spacial score (nSPS) is 20.5. The molecule has 5 rings (SSSR count). The van der Waals surface area contributed by atoms with E-state index >= 15 is 0 Å². The van der Waals surface area contributed by atoms with Gasteiger partial charge in [0.05, 0.1) is 23.2 Å². The van der Waals surface area contributed by atoms with E-state index in [-0.39, 0.29) is 24.8 Å². The fraction of sp³-hybridized carbons (Fsp3) is 0.560. The first-order valence-corrected chi connectivity index (χ1v) is 12.8. The topological polar surface area (TPSA) is 101 Å². The van der Waals surface area contributed by atoms with E-state index in [1.54, 1.807) is 20.0 Å². The summed E-state index contributed by atoms with van der Waals surface area (Å²) in [6.45, 7) is 10.4. The van der Waals surface area contributed by atoms with Crippen LogP contribution in [0, 0.1) is 0 Å². The molecule has 188 valence electrons. The minimum atomic E-state index is -0.982. The Hall–Kier alpha value is -2.85. The van der Waals surface area contributed by atoms with Gasteiger partial charge < -0.3 is 23.9 Å². The SMILES string of the molecule is CC(C)(O)COc1ccc(-c2nccs2)c2oc(N3CC4CCC(C3)N4C(=O)OC(C)(C)C)nc12. The van der Waals surface area contributed by atoms with E-state index in [1.165, 1.54) is 11.3 Å². The molecule has 0 radical (unpaired) electrons. The van der Waals surface area contributed by atoms with Crippen LogP contribution in [0.3, 0.4) is 0 Å². The van der Waals surface area contributed by atoms with Crippen molar-refractivity contribution in [3.63, 3.8) is 0 Å². The first kappa shape index (κ1) is 23.9. The van der Waals surface area contributed by atoms with Crippen molar-refractivity contribution < 1.29 is 23.8 Å². The van der Waals surface area contributed by atoms with Crippen molar-refractivity contribution in [1.29, 1.82) is 0 Å². The van der Waals surface area contributed by atoms with Gasteiger partial charge >= 0.3 is 6.09 Å². The van der Waals surface area contributed by atoms with Gasteiger partial charge in [0.1, 0.15) is 23.0 Å². The summed E-state index contributed by atoms with van der Waals surface area (Å²) in [5.74, 6) is 0.549. The van der Waals surface area contributed by atoms with Gasteiger partial charge in [-0.05, 0) is 59.6 Å². The maximum absolute atomic E-state index is 12.8. The van der Waals surface area contributed by atoms with Gasteiger partial charge in [0.25, 0.3) is 6.01 Å². The summed E-state index contributed by atoms with van der Waals surface area (Å²) in [5.41, 5.74) is 0.535. The minimum absolute atomic E-state index is 0.0444. The zero-order valence-corrected chi connectivity index (χ0v) is 21.6. The van der Waals surface area contributed by atoms with Crippen LogP contribution in [0.4, 0.5) is 10.8 Å². The lowest BCUT2D eigenvalue weighted by Gasteiger charge is -2.40. The number of aromatic nitrogens is 2. The van der Waals surface area contributed by atoms with Crippen LogP contribution in [0.25, 0.3) is 21.7 Å². The highest BCUT2D eigenvalue weighted by atomic mass is 32.1. The number of rotatable bonds is 5. The fourth-order valence-corrected chi connectivity index (χ4v) is 5.33. The molecule has 2 saturated heterocycles. The second kappa shape index (κ2) is 8.67. The van der Waals surface area contributed by atoms with Crippen LogP contribution >= 0.6 is 11.3 Å². The Kier molecular flexibility index (Phi) is 5.91. The van der Waals surface area contributed by atoms with Crippen LogP contribution < -0.4 is 9.64 Å². The highest BCUT2D eigenvalue weighted by molar-refractivity contribution is 7.13. The van der Waals surface area contributed by atoms with Crippen molar-refractivity contribution in [3.05, 3.63) is 23.7 Å². The highest BCUT2D eigenvalue weighted by Crippen LogP contribution is 2.40. The van der Waals surface area contributed by atoms with Crippen LogP contribution in [0.1, 0.15) is 47.5 Å². The summed E-state index contributed by atoms with van der Waals surface area (Å²) in [4.78, 5) is 26.1. The number of anilines is 1. The second-order valence-corrected chi connectivity index (χ2v) is 11.8. The van der Waals surface area contributed by atoms with E-state index in [9.17, 15) is 9.90 Å². The molecular formula is C25H32N4O5S. The Bertz CT molecular complexity index is 1200. The van der Waals surface area contributed by atoms with Crippen LogP contribution in [-0.2, 0) is 4.74 Å². The molecule has 2 bridgehead atoms. The number of nitrogens with zero attached hydrogens (tertiary/aromatic N) is 4. The predicted octanol–water partition coefficient (Wildman–Crippen LogP) is 4.69. The molecule has 2 unspecified atom stereocenters. The van der Waals surface area contributed by atoms with Gasteiger partial charge in [0.15, 0.2) is 11.1 Å². The van der Waals surface area contributed by atoms with Crippen LogP contribution in [0.5, 0.6) is 5.75 Å². The molecular weight excluding hydrogens is 468 g/mol. The molecule has 1 N–H and O–H groups in total. The molecule has 35 heavy (non-hydrogen) atoms. The number of aliphatic hydroxyl groups is 1. The maximum Gasteiger partial charge on any atom is 0.410 e. The quantitative estimate of drug-likeness (QED) is 0.539. The third-order valence-corrected chi connectivity index (χ3v) is 6.90. The summed E-state index contributed by atoms with van der Waals surface area (Å²) < 4.78 is 17.9. The van der Waals surface area contributed by atoms with Gasteiger partial charge in [0.2, 0.25) is 0 Å². The predicted molar refractivity (Wildman–Crippen MR) is 134 cm³/mol. The van der Waals surface area contributed by atoms with Crippen molar-refractivity contribution in [2.45, 2.75) is 70.7 Å². The first-order chi connectivity index (χ1) is 16.5. The monoisotopic (exact) mass is 500 g/mol. The van der Waals surface area contributed by atoms with E-state index in [0.717, 1.165) is 23.4 Å². The van der Waals surface area contributed by atoms with E-state index in [0.29, 0.717) is 36.0 Å². The van der Waals surface area contributed by atoms with E-state index < -0.39 is 11.2 Å². The second-order valence-electron chi connectivity index (χ2n) is 10.9. The molecule has 1 aromatic carbocycles. The molecule has 2 fully saturated rings. The smallest absolute Gasteiger partial charge is 0.410 e. The van der Waals surface area contributed by atoms with Gasteiger partial charge in [-0.25, -0.2) is 9.78 Å². The molecule has 4 heterocycles. The van der Waals surface area contributed by atoms with E-state index in [1.807, 2.05) is 43.2 Å². The number of ether oxygens (including phenoxy) is 2.